The molecule has 1 atom stereocenters. The van der Waals surface area contributed by atoms with Gasteiger partial charge in [-0.2, -0.15) is 0 Å². The third-order valence-electron chi connectivity index (χ3n) is 2.91. The number of fused-ring (bicyclic) bond motifs is 1. The van der Waals surface area contributed by atoms with Gasteiger partial charge in [0.25, 0.3) is 10.0 Å². The number of nitrogens with one attached hydrogen (secondary N) is 1. The van der Waals surface area contributed by atoms with Crippen molar-refractivity contribution >= 4 is 25.9 Å². The van der Waals surface area contributed by atoms with Gasteiger partial charge in [-0.1, -0.05) is 12.1 Å². The Morgan fingerprint density at radius 1 is 1.42 bits per heavy atom. The summed E-state index contributed by atoms with van der Waals surface area (Å²) in [6, 6.07) is 2.86. The van der Waals surface area contributed by atoms with Crippen LogP contribution in [0.25, 0.3) is 0 Å². The van der Waals surface area contributed by atoms with Crippen molar-refractivity contribution in [1.29, 1.82) is 0 Å². The number of rotatable bonds is 2. The van der Waals surface area contributed by atoms with Crippen LogP contribution in [0.5, 0.6) is 0 Å². The van der Waals surface area contributed by atoms with Gasteiger partial charge in [0.2, 0.25) is 0 Å². The summed E-state index contributed by atoms with van der Waals surface area (Å²) in [5.41, 5.74) is 5.21. The number of carbonyl (C=O) groups is 1. The smallest absolute Gasteiger partial charge is 0.326 e. The van der Waals surface area contributed by atoms with Crippen LogP contribution in [-0.4, -0.2) is 28.1 Å². The van der Waals surface area contributed by atoms with Gasteiger partial charge in [0.1, 0.15) is 4.90 Å². The average Bonchev–Trinajstić information content (AvgIpc) is 2.48. The van der Waals surface area contributed by atoms with Crippen molar-refractivity contribution in [2.24, 2.45) is 5.73 Å². The number of benzene rings is 1. The Balaban J connectivity index is 2.71. The van der Waals surface area contributed by atoms with Gasteiger partial charge in [0.05, 0.1) is 10.1 Å². The first-order chi connectivity index (χ1) is 8.66. The standard InChI is InChI=1S/C10H12N2O5S2/c1-6-5-7-3-2-4-8(9(7)18(6,14)15)19(16,17)12-10(11)13/h2-4,6H,5H2,1H3,(H3,11,12,13). The van der Waals surface area contributed by atoms with Crippen molar-refractivity contribution in [2.75, 3.05) is 0 Å². The van der Waals surface area contributed by atoms with E-state index in [1.54, 1.807) is 10.8 Å². The molecular formula is C10H12N2O5S2. The highest BCUT2D eigenvalue weighted by Crippen LogP contribution is 2.35. The lowest BCUT2D eigenvalue weighted by molar-refractivity contribution is 0.253. The van der Waals surface area contributed by atoms with E-state index in [9.17, 15) is 21.6 Å². The number of sulfonamides is 1. The van der Waals surface area contributed by atoms with Gasteiger partial charge in [-0.25, -0.2) is 26.4 Å². The second-order valence-corrected chi connectivity index (χ2v) is 8.23. The topological polar surface area (TPSA) is 123 Å². The molecule has 1 unspecified atom stereocenters. The lowest BCUT2D eigenvalue weighted by atomic mass is 10.1. The second kappa shape index (κ2) is 4.20. The lowest BCUT2D eigenvalue weighted by Gasteiger charge is -2.09. The molecule has 0 aromatic heterocycles. The Bertz CT molecular complexity index is 752. The largest absolute Gasteiger partial charge is 0.351 e. The Kier molecular flexibility index (Phi) is 3.06. The average molecular weight is 304 g/mol. The van der Waals surface area contributed by atoms with Gasteiger partial charge in [-0.05, 0) is 25.0 Å². The van der Waals surface area contributed by atoms with Gasteiger partial charge < -0.3 is 5.73 Å². The fourth-order valence-electron chi connectivity index (χ4n) is 2.06. The number of primary amides is 1. The monoisotopic (exact) mass is 304 g/mol. The number of nitrogens with two attached hydrogens (primary N) is 1. The van der Waals surface area contributed by atoms with Gasteiger partial charge in [-0.3, -0.25) is 0 Å². The summed E-state index contributed by atoms with van der Waals surface area (Å²) in [5, 5.41) is -0.688. The van der Waals surface area contributed by atoms with Gasteiger partial charge in [-0.15, -0.1) is 0 Å². The summed E-state index contributed by atoms with van der Waals surface area (Å²) in [6.45, 7) is 1.51. The van der Waals surface area contributed by atoms with Crippen LogP contribution in [0.15, 0.2) is 28.0 Å². The molecule has 7 nitrogen and oxygen atoms in total. The zero-order chi connectivity index (χ0) is 14.4. The van der Waals surface area contributed by atoms with Crippen LogP contribution >= 0.6 is 0 Å². The maximum absolute atomic E-state index is 12.1. The van der Waals surface area contributed by atoms with E-state index in [1.165, 1.54) is 13.0 Å². The van der Waals surface area contributed by atoms with Gasteiger partial charge >= 0.3 is 6.03 Å². The summed E-state index contributed by atoms with van der Waals surface area (Å²) >= 11 is 0. The Hall–Kier alpha value is -1.61. The second-order valence-electron chi connectivity index (χ2n) is 4.27. The molecule has 104 valence electrons. The molecule has 0 fully saturated rings. The molecule has 2 amide bonds. The number of hydrogen-bond donors (Lipinski definition) is 2. The fraction of sp³-hybridized carbons (Fsp3) is 0.300. The van der Waals surface area contributed by atoms with Crippen molar-refractivity contribution in [3.63, 3.8) is 0 Å². The van der Waals surface area contributed by atoms with Gasteiger partial charge in [0.15, 0.2) is 9.84 Å². The fourth-order valence-corrected chi connectivity index (χ4v) is 5.42. The molecule has 0 spiro atoms. The van der Waals surface area contributed by atoms with Crippen molar-refractivity contribution in [3.8, 4) is 0 Å². The molecule has 9 heteroatoms. The quantitative estimate of drug-likeness (QED) is 0.780. The molecule has 1 aromatic carbocycles. The highest BCUT2D eigenvalue weighted by molar-refractivity contribution is 7.94. The molecule has 0 radical (unpaired) electrons. The summed E-state index contributed by atoms with van der Waals surface area (Å²) < 4.78 is 49.7. The van der Waals surface area contributed by atoms with E-state index >= 15 is 0 Å². The predicted octanol–water partition coefficient (Wildman–Crippen LogP) is -0.238. The molecule has 1 heterocycles. The van der Waals surface area contributed by atoms with Crippen LogP contribution in [0.1, 0.15) is 12.5 Å². The van der Waals surface area contributed by atoms with E-state index in [4.69, 9.17) is 5.73 Å². The molecular weight excluding hydrogens is 292 g/mol. The highest BCUT2D eigenvalue weighted by atomic mass is 32.2. The lowest BCUT2D eigenvalue weighted by Crippen LogP contribution is -2.35. The molecule has 3 N–H and O–H groups in total. The minimum atomic E-state index is -4.28. The van der Waals surface area contributed by atoms with Crippen molar-refractivity contribution < 1.29 is 21.6 Å². The summed E-state index contributed by atoms with van der Waals surface area (Å²) in [6.07, 6.45) is 0.248. The third-order valence-corrected chi connectivity index (χ3v) is 6.70. The van der Waals surface area contributed by atoms with Crippen LogP contribution in [0.3, 0.4) is 0 Å². The van der Waals surface area contributed by atoms with Crippen LogP contribution in [0.2, 0.25) is 0 Å². The number of urea groups is 1. The van der Waals surface area contributed by atoms with E-state index in [0.29, 0.717) is 5.56 Å². The Morgan fingerprint density at radius 2 is 2.05 bits per heavy atom. The van der Waals surface area contributed by atoms with E-state index in [1.807, 2.05) is 0 Å². The minimum absolute atomic E-state index is 0.240. The first-order valence-corrected chi connectivity index (χ1v) is 8.37. The molecule has 1 aliphatic rings. The van der Waals surface area contributed by atoms with Crippen molar-refractivity contribution in [3.05, 3.63) is 23.8 Å². The third kappa shape index (κ3) is 2.19. The molecule has 0 bridgehead atoms. The molecule has 0 saturated heterocycles. The normalized spacial score (nSPS) is 20.8. The summed E-state index contributed by atoms with van der Waals surface area (Å²) in [7, 11) is -7.99. The first-order valence-electron chi connectivity index (χ1n) is 5.34. The molecule has 1 aromatic rings. The highest BCUT2D eigenvalue weighted by Gasteiger charge is 2.39. The van der Waals surface area contributed by atoms with E-state index in [2.05, 4.69) is 0 Å². The maximum atomic E-state index is 12.1. The SMILES string of the molecule is CC1Cc2cccc(S(=O)(=O)NC(N)=O)c2S1(=O)=O. The molecule has 0 aliphatic carbocycles. The zero-order valence-electron chi connectivity index (χ0n) is 9.95. The number of hydrogen-bond acceptors (Lipinski definition) is 5. The predicted molar refractivity (Wildman–Crippen MR) is 66.7 cm³/mol. The summed E-state index contributed by atoms with van der Waals surface area (Å²) in [4.78, 5) is 10.0. The van der Waals surface area contributed by atoms with E-state index in [-0.39, 0.29) is 11.3 Å². The van der Waals surface area contributed by atoms with Gasteiger partial charge in [0, 0.05) is 0 Å². The maximum Gasteiger partial charge on any atom is 0.326 e. The molecule has 2 rings (SSSR count). The number of amides is 2. The molecule has 1 aliphatic heterocycles. The van der Waals surface area contributed by atoms with Crippen LogP contribution in [0, 0.1) is 0 Å². The number of sulfone groups is 1. The van der Waals surface area contributed by atoms with Crippen molar-refractivity contribution in [1.82, 2.24) is 4.72 Å². The number of carbonyl (C=O) groups excluding carboxylic acids is 1. The van der Waals surface area contributed by atoms with Crippen molar-refractivity contribution in [2.45, 2.75) is 28.4 Å². The molecule has 19 heavy (non-hydrogen) atoms. The first kappa shape index (κ1) is 13.8. The van der Waals surface area contributed by atoms with Crippen LogP contribution in [0.4, 0.5) is 4.79 Å². The minimum Gasteiger partial charge on any atom is -0.351 e. The van der Waals surface area contributed by atoms with E-state index in [0.717, 1.165) is 6.07 Å². The molecule has 0 saturated carbocycles. The van der Waals surface area contributed by atoms with Crippen LogP contribution < -0.4 is 10.5 Å². The summed E-state index contributed by atoms with van der Waals surface area (Å²) in [5.74, 6) is 0. The van der Waals surface area contributed by atoms with E-state index < -0.39 is 36.0 Å². The Labute approximate surface area is 110 Å². The zero-order valence-corrected chi connectivity index (χ0v) is 11.6. The Morgan fingerprint density at radius 3 is 2.63 bits per heavy atom. The van der Waals surface area contributed by atoms with Crippen LogP contribution in [-0.2, 0) is 26.3 Å².